The van der Waals surface area contributed by atoms with Gasteiger partial charge in [0.15, 0.2) is 0 Å². The molecule has 0 bridgehead atoms. The van der Waals surface area contributed by atoms with Gasteiger partial charge in [0, 0.05) is 35.2 Å². The summed E-state index contributed by atoms with van der Waals surface area (Å²) in [5, 5.41) is 1.38. The SMILES string of the molecule is CCOC(=O)C1CCCc2c1c1c(OC)ccc(F)c1n2Cc1ccccc1.COc1ccc(F)c2c1c1c(n2Cc2ccccc2)CCCC1C(N)=O. The Balaban J connectivity index is 0.000000167. The van der Waals surface area contributed by atoms with Gasteiger partial charge in [0.25, 0.3) is 0 Å². The molecule has 6 aromatic rings. The minimum absolute atomic E-state index is 0.242. The Morgan fingerprint density at radius 3 is 1.56 bits per heavy atom. The molecule has 54 heavy (non-hydrogen) atoms. The number of nitrogens with zero attached hydrogens (tertiary/aromatic N) is 2. The average Bonchev–Trinajstić information content (AvgIpc) is 3.70. The molecule has 2 atom stereocenters. The average molecular weight is 734 g/mol. The second-order valence-electron chi connectivity index (χ2n) is 13.9. The number of amides is 1. The van der Waals surface area contributed by atoms with Gasteiger partial charge in [0.1, 0.15) is 23.1 Å². The van der Waals surface area contributed by atoms with Crippen molar-refractivity contribution in [3.8, 4) is 11.5 Å². The zero-order chi connectivity index (χ0) is 37.9. The van der Waals surface area contributed by atoms with Gasteiger partial charge in [0.05, 0.1) is 43.7 Å². The molecule has 10 heteroatoms. The largest absolute Gasteiger partial charge is 0.496 e. The maximum atomic E-state index is 15.0. The first-order valence-electron chi connectivity index (χ1n) is 18.6. The van der Waals surface area contributed by atoms with E-state index in [9.17, 15) is 14.0 Å². The lowest BCUT2D eigenvalue weighted by Gasteiger charge is -2.23. The van der Waals surface area contributed by atoms with Gasteiger partial charge in [-0.05, 0) is 92.0 Å². The highest BCUT2D eigenvalue weighted by molar-refractivity contribution is 5.98. The predicted molar refractivity (Wildman–Crippen MR) is 205 cm³/mol. The van der Waals surface area contributed by atoms with Crippen LogP contribution in [0.15, 0.2) is 84.9 Å². The number of primary amides is 1. The summed E-state index contributed by atoms with van der Waals surface area (Å²) in [5.41, 5.74) is 12.5. The zero-order valence-corrected chi connectivity index (χ0v) is 30.9. The van der Waals surface area contributed by atoms with Gasteiger partial charge in [-0.1, -0.05) is 60.7 Å². The first-order valence-corrected chi connectivity index (χ1v) is 18.6. The van der Waals surface area contributed by atoms with Gasteiger partial charge in [-0.15, -0.1) is 0 Å². The van der Waals surface area contributed by atoms with E-state index < -0.39 is 5.92 Å². The number of carbonyl (C=O) groups excluding carboxylic acids is 2. The number of nitrogens with two attached hydrogens (primary N) is 1. The minimum atomic E-state index is -0.408. The fraction of sp³-hybridized carbons (Fsp3) is 0.318. The van der Waals surface area contributed by atoms with E-state index in [2.05, 4.69) is 0 Å². The van der Waals surface area contributed by atoms with Crippen molar-refractivity contribution >= 4 is 33.7 Å². The fourth-order valence-electron chi connectivity index (χ4n) is 8.50. The Morgan fingerprint density at radius 1 is 0.685 bits per heavy atom. The van der Waals surface area contributed by atoms with E-state index in [1.54, 1.807) is 33.3 Å². The molecule has 2 aliphatic carbocycles. The number of fused-ring (bicyclic) bond motifs is 6. The molecule has 2 aromatic heterocycles. The molecule has 0 fully saturated rings. The van der Waals surface area contributed by atoms with Crippen LogP contribution in [-0.4, -0.2) is 41.8 Å². The van der Waals surface area contributed by atoms with E-state index in [1.165, 1.54) is 12.1 Å². The Kier molecular flexibility index (Phi) is 10.7. The molecule has 0 saturated heterocycles. The summed E-state index contributed by atoms with van der Waals surface area (Å²) in [6.45, 7) is 3.23. The highest BCUT2D eigenvalue weighted by atomic mass is 19.1. The standard InChI is InChI=1S/C23H24FNO3.C21H21FN2O2/c1-3-28-23(26)16-10-7-11-18-20(16)21-19(27-2)13-12-17(24)22(21)25(18)14-15-8-5-4-6-9-15;1-26-17-11-10-15(22)20-19(17)18-14(21(23)25)8-5-9-16(18)24(20)12-13-6-3-2-4-7-13/h4-6,8-9,12-13,16H,3,7,10-11,14H2,1-2H3;2-4,6-7,10-11,14H,5,8-9,12H2,1H3,(H2,23,25). The number of benzene rings is 4. The summed E-state index contributed by atoms with van der Waals surface area (Å²) < 4.78 is 50.3. The number of hydrogen-bond acceptors (Lipinski definition) is 5. The molecule has 2 unspecified atom stereocenters. The summed E-state index contributed by atoms with van der Waals surface area (Å²) >= 11 is 0. The number of rotatable bonds is 9. The molecule has 0 aliphatic heterocycles. The topological polar surface area (TPSA) is 97.7 Å². The van der Waals surface area contributed by atoms with Crippen LogP contribution in [0.3, 0.4) is 0 Å². The van der Waals surface area contributed by atoms with Crippen molar-refractivity contribution in [2.24, 2.45) is 5.73 Å². The molecule has 8 rings (SSSR count). The van der Waals surface area contributed by atoms with Gasteiger partial charge in [-0.3, -0.25) is 9.59 Å². The Morgan fingerprint density at radius 2 is 1.13 bits per heavy atom. The van der Waals surface area contributed by atoms with Crippen LogP contribution >= 0.6 is 0 Å². The molecule has 0 spiro atoms. The lowest BCUT2D eigenvalue weighted by Crippen LogP contribution is -2.25. The third-order valence-electron chi connectivity index (χ3n) is 10.8. The van der Waals surface area contributed by atoms with Gasteiger partial charge in [-0.25, -0.2) is 8.78 Å². The van der Waals surface area contributed by atoms with E-state index in [4.69, 9.17) is 19.9 Å². The molecular formula is C44H45F2N3O5. The van der Waals surface area contributed by atoms with Crippen molar-refractivity contribution in [1.29, 1.82) is 0 Å². The Bertz CT molecular complexity index is 2320. The quantitative estimate of drug-likeness (QED) is 0.150. The Hall–Kier alpha value is -5.64. The van der Waals surface area contributed by atoms with Crippen molar-refractivity contribution in [3.05, 3.63) is 130 Å². The van der Waals surface area contributed by atoms with Crippen LogP contribution < -0.4 is 15.2 Å². The van der Waals surface area contributed by atoms with Gasteiger partial charge < -0.3 is 29.1 Å². The first-order chi connectivity index (χ1) is 26.3. The van der Waals surface area contributed by atoms with E-state index >= 15 is 4.39 Å². The van der Waals surface area contributed by atoms with E-state index in [0.29, 0.717) is 65.8 Å². The highest BCUT2D eigenvalue weighted by Gasteiger charge is 2.36. The first kappa shape index (κ1) is 36.7. The number of carbonyl (C=O) groups is 2. The monoisotopic (exact) mass is 733 g/mol. The van der Waals surface area contributed by atoms with Crippen LogP contribution in [0.1, 0.15) is 78.1 Å². The van der Waals surface area contributed by atoms with Crippen LogP contribution in [0.2, 0.25) is 0 Å². The minimum Gasteiger partial charge on any atom is -0.496 e. The van der Waals surface area contributed by atoms with Crippen molar-refractivity contribution < 1.29 is 32.6 Å². The highest BCUT2D eigenvalue weighted by Crippen LogP contribution is 2.46. The molecule has 4 aromatic carbocycles. The molecule has 0 radical (unpaired) electrons. The fourth-order valence-corrected chi connectivity index (χ4v) is 8.50. The summed E-state index contributed by atoms with van der Waals surface area (Å²) in [7, 11) is 3.14. The molecule has 8 nitrogen and oxygen atoms in total. The third kappa shape index (κ3) is 6.70. The molecular weight excluding hydrogens is 688 g/mol. The van der Waals surface area contributed by atoms with Crippen molar-refractivity contribution in [1.82, 2.24) is 9.13 Å². The van der Waals surface area contributed by atoms with Gasteiger partial charge in [-0.2, -0.15) is 0 Å². The number of aromatic nitrogens is 2. The molecule has 280 valence electrons. The molecule has 2 heterocycles. The van der Waals surface area contributed by atoms with Crippen LogP contribution in [0, 0.1) is 11.6 Å². The summed E-state index contributed by atoms with van der Waals surface area (Å²) in [5.74, 6) is -0.844. The number of ether oxygens (including phenoxy) is 3. The van der Waals surface area contributed by atoms with Crippen molar-refractivity contribution in [2.45, 2.75) is 70.4 Å². The summed E-state index contributed by atoms with van der Waals surface area (Å²) in [4.78, 5) is 24.8. The van der Waals surface area contributed by atoms with Gasteiger partial charge in [0.2, 0.25) is 5.91 Å². The number of hydrogen-bond donors (Lipinski definition) is 1. The number of esters is 1. The third-order valence-corrected chi connectivity index (χ3v) is 10.8. The summed E-state index contributed by atoms with van der Waals surface area (Å²) in [6, 6.07) is 26.0. The molecule has 2 N–H and O–H groups in total. The zero-order valence-electron chi connectivity index (χ0n) is 30.9. The van der Waals surface area contributed by atoms with Crippen molar-refractivity contribution in [2.75, 3.05) is 20.8 Å². The smallest absolute Gasteiger partial charge is 0.313 e. The molecule has 0 saturated carbocycles. The normalized spacial score (nSPS) is 16.2. The molecule has 1 amide bonds. The van der Waals surface area contributed by atoms with E-state index in [0.717, 1.165) is 59.3 Å². The molecule has 2 aliphatic rings. The lowest BCUT2D eigenvalue weighted by atomic mass is 9.84. The van der Waals surface area contributed by atoms with Crippen LogP contribution in [0.5, 0.6) is 11.5 Å². The second-order valence-corrected chi connectivity index (χ2v) is 13.9. The van der Waals surface area contributed by atoms with E-state index in [1.807, 2.05) is 69.8 Å². The lowest BCUT2D eigenvalue weighted by molar-refractivity contribution is -0.145. The van der Waals surface area contributed by atoms with Crippen LogP contribution in [0.4, 0.5) is 8.78 Å². The second kappa shape index (κ2) is 15.8. The van der Waals surface area contributed by atoms with E-state index in [-0.39, 0.29) is 29.4 Å². The summed E-state index contributed by atoms with van der Waals surface area (Å²) in [6.07, 6.45) is 4.71. The van der Waals surface area contributed by atoms with Gasteiger partial charge >= 0.3 is 5.97 Å². The maximum absolute atomic E-state index is 15.0. The number of methoxy groups -OCH3 is 2. The van der Waals surface area contributed by atoms with Crippen molar-refractivity contribution in [3.63, 3.8) is 0 Å². The Labute approximate surface area is 313 Å². The number of halogens is 2. The van der Waals surface area contributed by atoms with Crippen LogP contribution in [0.25, 0.3) is 21.8 Å². The predicted octanol–water partition coefficient (Wildman–Crippen LogP) is 8.56. The van der Waals surface area contributed by atoms with Crippen LogP contribution in [-0.2, 0) is 40.3 Å². The maximum Gasteiger partial charge on any atom is 0.313 e.